The van der Waals surface area contributed by atoms with E-state index in [0.29, 0.717) is 58.0 Å². The average Bonchev–Trinajstić information content (AvgIpc) is 3.24. The fourth-order valence-corrected chi connectivity index (χ4v) is 10.6. The summed E-state index contributed by atoms with van der Waals surface area (Å²) in [6, 6.07) is 30.1. The molecule has 0 radical (unpaired) electrons. The SMILES string of the molecule is CC(C)c1cccc(C(C)C)c1N1C(=O)c2ccc3c4ccc5c6ccc7c8c(ccc(c9ccc(c%10ccc(c2c3%10)C1=O)c4c59)c86)C(=O)N(CCCCCC(=O)O)C7=O. The van der Waals surface area contributed by atoms with Gasteiger partial charge in [0.2, 0.25) is 0 Å². The third kappa shape index (κ3) is 4.70. The first-order valence-corrected chi connectivity index (χ1v) is 20.9. The molecule has 2 aliphatic heterocycles. The summed E-state index contributed by atoms with van der Waals surface area (Å²) < 4.78 is 0. The van der Waals surface area contributed by atoms with Crippen LogP contribution in [0.5, 0.6) is 0 Å². The van der Waals surface area contributed by atoms with Crippen LogP contribution in [-0.2, 0) is 4.79 Å². The van der Waals surface area contributed by atoms with Gasteiger partial charge in [-0.25, -0.2) is 4.90 Å². The molecule has 0 saturated carbocycles. The molecule has 294 valence electrons. The summed E-state index contributed by atoms with van der Waals surface area (Å²) in [5.74, 6) is -1.93. The summed E-state index contributed by atoms with van der Waals surface area (Å²) in [4.78, 5) is 71.1. The Labute approximate surface area is 344 Å². The molecule has 0 aliphatic carbocycles. The van der Waals surface area contributed by atoms with E-state index in [-0.39, 0.29) is 48.4 Å². The molecule has 4 amide bonds. The number of amides is 4. The van der Waals surface area contributed by atoms with Crippen LogP contribution >= 0.6 is 0 Å². The molecule has 0 atom stereocenters. The summed E-state index contributed by atoms with van der Waals surface area (Å²) >= 11 is 0. The topological polar surface area (TPSA) is 112 Å². The van der Waals surface area contributed by atoms with E-state index in [0.717, 1.165) is 75.8 Å². The average molecular weight is 789 g/mol. The maximum Gasteiger partial charge on any atom is 0.303 e. The van der Waals surface area contributed by atoms with Gasteiger partial charge in [0, 0.05) is 46.0 Å². The molecular weight excluding hydrogens is 749 g/mol. The lowest BCUT2D eigenvalue weighted by molar-refractivity contribution is -0.137. The van der Waals surface area contributed by atoms with E-state index in [1.807, 2.05) is 66.7 Å². The van der Waals surface area contributed by atoms with Gasteiger partial charge in [0.1, 0.15) is 0 Å². The summed E-state index contributed by atoms with van der Waals surface area (Å²) in [6.45, 7) is 8.60. The van der Waals surface area contributed by atoms with E-state index in [1.54, 1.807) is 0 Å². The second-order valence-electron chi connectivity index (χ2n) is 17.2. The maximum atomic E-state index is 14.7. The monoisotopic (exact) mass is 788 g/mol. The van der Waals surface area contributed by atoms with Crippen LogP contribution in [0.15, 0.2) is 91.0 Å². The number of aliphatic carboxylic acids is 1. The fourth-order valence-electron chi connectivity index (χ4n) is 10.6. The highest BCUT2D eigenvalue weighted by Crippen LogP contribution is 2.50. The number of hydrogen-bond acceptors (Lipinski definition) is 5. The van der Waals surface area contributed by atoms with Crippen LogP contribution < -0.4 is 4.90 Å². The van der Waals surface area contributed by atoms with Gasteiger partial charge in [-0.05, 0) is 125 Å². The van der Waals surface area contributed by atoms with Crippen LogP contribution in [0.2, 0.25) is 0 Å². The number of para-hydroxylation sites is 1. The van der Waals surface area contributed by atoms with Crippen molar-refractivity contribution in [2.24, 2.45) is 0 Å². The normalized spacial score (nSPS) is 14.5. The minimum atomic E-state index is -0.854. The van der Waals surface area contributed by atoms with Crippen molar-refractivity contribution in [1.82, 2.24) is 4.90 Å². The molecule has 60 heavy (non-hydrogen) atoms. The molecule has 2 aliphatic rings. The van der Waals surface area contributed by atoms with Gasteiger partial charge in [-0.2, -0.15) is 0 Å². The second kappa shape index (κ2) is 12.8. The van der Waals surface area contributed by atoms with Crippen molar-refractivity contribution < 1.29 is 29.1 Å². The Balaban J connectivity index is 1.10. The number of anilines is 1. The zero-order valence-corrected chi connectivity index (χ0v) is 33.7. The van der Waals surface area contributed by atoms with E-state index < -0.39 is 5.97 Å². The molecule has 8 nitrogen and oxygen atoms in total. The Morgan fingerprint density at radius 3 is 1.18 bits per heavy atom. The first-order valence-electron chi connectivity index (χ1n) is 20.9. The van der Waals surface area contributed by atoms with Gasteiger partial charge in [0.05, 0.1) is 5.69 Å². The first-order chi connectivity index (χ1) is 29.0. The molecule has 0 aromatic heterocycles. The Kier molecular flexibility index (Phi) is 7.71. The second-order valence-corrected chi connectivity index (χ2v) is 17.2. The molecule has 0 spiro atoms. The van der Waals surface area contributed by atoms with E-state index in [9.17, 15) is 24.0 Å². The van der Waals surface area contributed by atoms with Crippen LogP contribution in [0.3, 0.4) is 0 Å². The first kappa shape index (κ1) is 36.2. The Hall–Kier alpha value is -6.93. The van der Waals surface area contributed by atoms with Gasteiger partial charge in [0.25, 0.3) is 23.6 Å². The molecule has 0 unspecified atom stereocenters. The van der Waals surface area contributed by atoms with Crippen LogP contribution in [0, 0.1) is 0 Å². The molecular formula is C52H40N2O6. The number of benzene rings is 9. The van der Waals surface area contributed by atoms with E-state index in [4.69, 9.17) is 5.11 Å². The number of rotatable bonds is 9. The van der Waals surface area contributed by atoms with Crippen molar-refractivity contribution in [3.05, 3.63) is 124 Å². The third-order valence-electron chi connectivity index (χ3n) is 13.3. The third-order valence-corrected chi connectivity index (χ3v) is 13.3. The maximum absolute atomic E-state index is 14.7. The summed E-state index contributed by atoms with van der Waals surface area (Å²) in [5, 5.41) is 22.3. The number of hydrogen-bond donors (Lipinski definition) is 1. The van der Waals surface area contributed by atoms with Crippen molar-refractivity contribution >= 4 is 111 Å². The lowest BCUT2D eigenvalue weighted by Gasteiger charge is -2.33. The minimum absolute atomic E-state index is 0.0611. The van der Waals surface area contributed by atoms with Crippen LogP contribution in [0.1, 0.15) is 118 Å². The summed E-state index contributed by atoms with van der Waals surface area (Å²) in [5.41, 5.74) is 4.65. The lowest BCUT2D eigenvalue weighted by atomic mass is 9.80. The number of carbonyl (C=O) groups excluding carboxylic acids is 4. The Bertz CT molecular complexity index is 3240. The van der Waals surface area contributed by atoms with Gasteiger partial charge in [-0.15, -0.1) is 0 Å². The van der Waals surface area contributed by atoms with Crippen LogP contribution in [-0.4, -0.2) is 46.1 Å². The lowest BCUT2D eigenvalue weighted by Crippen LogP contribution is -2.41. The summed E-state index contributed by atoms with van der Waals surface area (Å²) in [7, 11) is 0. The number of carboxylic acid groups (broad SMARTS) is 1. The quantitative estimate of drug-likeness (QED) is 0.0674. The molecule has 2 heterocycles. The number of unbranched alkanes of at least 4 members (excludes halogenated alkanes) is 2. The number of imide groups is 2. The van der Waals surface area contributed by atoms with Crippen molar-refractivity contribution in [2.45, 2.75) is 65.2 Å². The van der Waals surface area contributed by atoms with Crippen molar-refractivity contribution in [1.29, 1.82) is 0 Å². The molecule has 0 bridgehead atoms. The predicted octanol–water partition coefficient (Wildman–Crippen LogP) is 11.9. The highest BCUT2D eigenvalue weighted by atomic mass is 16.4. The predicted molar refractivity (Wildman–Crippen MR) is 239 cm³/mol. The summed E-state index contributed by atoms with van der Waals surface area (Å²) in [6.07, 6.45) is 1.70. The van der Waals surface area contributed by atoms with Crippen molar-refractivity contribution in [2.75, 3.05) is 11.4 Å². The smallest absolute Gasteiger partial charge is 0.303 e. The highest BCUT2D eigenvalue weighted by molar-refractivity contribution is 6.46. The molecule has 1 N–H and O–H groups in total. The molecule has 0 saturated heterocycles. The van der Waals surface area contributed by atoms with Crippen molar-refractivity contribution in [3.8, 4) is 0 Å². The van der Waals surface area contributed by atoms with E-state index in [1.165, 1.54) is 9.80 Å². The Morgan fingerprint density at radius 1 is 0.467 bits per heavy atom. The van der Waals surface area contributed by atoms with E-state index >= 15 is 0 Å². The highest BCUT2D eigenvalue weighted by Gasteiger charge is 2.39. The number of nitrogens with zero attached hydrogens (tertiary/aromatic N) is 2. The van der Waals surface area contributed by atoms with Gasteiger partial charge in [-0.1, -0.05) is 101 Å². The van der Waals surface area contributed by atoms with Gasteiger partial charge in [0.15, 0.2) is 0 Å². The number of carboxylic acids is 1. The molecule has 9 aromatic carbocycles. The van der Waals surface area contributed by atoms with Crippen LogP contribution in [0.4, 0.5) is 5.69 Å². The van der Waals surface area contributed by atoms with Gasteiger partial charge in [-0.3, -0.25) is 28.9 Å². The number of carbonyl (C=O) groups is 5. The van der Waals surface area contributed by atoms with Gasteiger partial charge >= 0.3 is 5.97 Å². The largest absolute Gasteiger partial charge is 0.481 e. The van der Waals surface area contributed by atoms with Crippen LogP contribution in [0.25, 0.3) is 75.4 Å². The van der Waals surface area contributed by atoms with E-state index in [2.05, 4.69) is 52.0 Å². The zero-order valence-electron chi connectivity index (χ0n) is 33.7. The minimum Gasteiger partial charge on any atom is -0.481 e. The Morgan fingerprint density at radius 2 is 0.817 bits per heavy atom. The number of fused-ring (bicyclic) bond motifs is 4. The van der Waals surface area contributed by atoms with Gasteiger partial charge < -0.3 is 5.11 Å². The molecule has 8 heteroatoms. The molecule has 11 rings (SSSR count). The van der Waals surface area contributed by atoms with Crippen molar-refractivity contribution in [3.63, 3.8) is 0 Å². The molecule has 0 fully saturated rings. The zero-order chi connectivity index (χ0) is 41.5. The standard InChI is InChI=1S/C52H40N2O6/c1-25(2)27-9-8-10-28(26(3)4)48(27)54-51(59)39-22-18-35-31-14-12-29-33-16-20-37-46-38(50(58)53(49(37)57)24-7-5-6-11-41(55)56)21-17-34(44(33)46)30-13-15-32(43(31)42(29)30)36-19-23-40(52(54)60)47(39)45(35)36/h8-10,12-23,25-26H,5-7,11,24H2,1-4H3,(H,55,56). The molecule has 9 aromatic rings. The fraction of sp³-hybridized carbons (Fsp3) is 0.212.